The van der Waals surface area contributed by atoms with Crippen molar-refractivity contribution in [3.8, 4) is 0 Å². The minimum atomic E-state index is -0.521. The lowest BCUT2D eigenvalue weighted by atomic mass is 9.43. The van der Waals surface area contributed by atoms with Crippen LogP contribution in [0.5, 0.6) is 0 Å². The van der Waals surface area contributed by atoms with Crippen molar-refractivity contribution in [2.24, 2.45) is 40.4 Å². The second kappa shape index (κ2) is 9.24. The molecular weight excluding hydrogens is 422 g/mol. The maximum Gasteiger partial charge on any atom is 0.155 e. The van der Waals surface area contributed by atoms with Crippen LogP contribution < -0.4 is 5.32 Å². The van der Waals surface area contributed by atoms with Crippen LogP contribution in [0.3, 0.4) is 0 Å². The number of Topliss-reactive ketones (excluding diaryl/α,β-unsaturated/α-hetero) is 1. The molecule has 0 amide bonds. The highest BCUT2D eigenvalue weighted by Gasteiger charge is 2.63. The molecule has 4 aliphatic carbocycles. The van der Waals surface area contributed by atoms with E-state index in [1.54, 1.807) is 0 Å². The summed E-state index contributed by atoms with van der Waals surface area (Å²) in [5, 5.41) is 14.3. The van der Waals surface area contributed by atoms with Gasteiger partial charge >= 0.3 is 0 Å². The number of carbonyl (C=O) groups is 1. The van der Waals surface area contributed by atoms with E-state index in [-0.39, 0.29) is 16.7 Å². The van der Waals surface area contributed by atoms with Gasteiger partial charge in [0, 0.05) is 18.2 Å². The molecule has 0 aliphatic heterocycles. The summed E-state index contributed by atoms with van der Waals surface area (Å²) in [6, 6.07) is 10.1. The molecule has 2 N–H and O–H groups in total. The average Bonchev–Trinajstić information content (AvgIpc) is 3.19. The monoisotopic (exact) mass is 467 g/mol. The van der Waals surface area contributed by atoms with Crippen LogP contribution in [0.4, 0.5) is 5.69 Å². The van der Waals surface area contributed by atoms with Crippen LogP contribution in [0, 0.1) is 40.4 Å². The first-order valence-corrected chi connectivity index (χ1v) is 13.9. The van der Waals surface area contributed by atoms with Crippen molar-refractivity contribution in [1.29, 1.82) is 0 Å². The highest BCUT2D eigenvalue weighted by atomic mass is 16.5. The molecular formula is C30H45NO3. The van der Waals surface area contributed by atoms with Crippen LogP contribution in [0.15, 0.2) is 30.3 Å². The van der Waals surface area contributed by atoms with Gasteiger partial charge in [-0.05, 0) is 118 Å². The number of para-hydroxylation sites is 1. The summed E-state index contributed by atoms with van der Waals surface area (Å²) >= 11 is 0. The Morgan fingerprint density at radius 2 is 1.82 bits per heavy atom. The fourth-order valence-corrected chi connectivity index (χ4v) is 9.20. The van der Waals surface area contributed by atoms with Gasteiger partial charge in [0.2, 0.25) is 0 Å². The molecule has 0 heterocycles. The molecule has 4 aliphatic rings. The van der Waals surface area contributed by atoms with Crippen LogP contribution >= 0.6 is 0 Å². The van der Waals surface area contributed by atoms with Gasteiger partial charge < -0.3 is 15.2 Å². The third kappa shape index (κ3) is 4.13. The fraction of sp³-hybridized carbons (Fsp3) is 0.767. The van der Waals surface area contributed by atoms with Crippen molar-refractivity contribution in [3.63, 3.8) is 0 Å². The smallest absolute Gasteiger partial charge is 0.155 e. The van der Waals surface area contributed by atoms with E-state index in [0.29, 0.717) is 36.0 Å². The molecule has 1 aromatic rings. The predicted molar refractivity (Wildman–Crippen MR) is 137 cm³/mol. The lowest BCUT2D eigenvalue weighted by molar-refractivity contribution is -0.178. The Kier molecular flexibility index (Phi) is 6.61. The van der Waals surface area contributed by atoms with E-state index in [9.17, 15) is 9.90 Å². The molecule has 0 bridgehead atoms. The van der Waals surface area contributed by atoms with E-state index in [0.717, 1.165) is 51.0 Å². The van der Waals surface area contributed by atoms with Crippen molar-refractivity contribution >= 4 is 11.5 Å². The minimum absolute atomic E-state index is 0.135. The molecule has 34 heavy (non-hydrogen) atoms. The Labute approximate surface area is 206 Å². The standard InChI is InChI=1S/C30H45NO3/c1-4-34-20-30-17-16-28(2,33)18-21(30)10-11-23-24-12-13-26(29(24,3)15-14-25(23)30)27(32)19-31-22-8-6-5-7-9-22/h5-9,21,23-26,31,33H,4,10-20H2,1-3H3/t21-,23-,24-,25-,26+,28+,29-,30+/m0/s1. The first-order chi connectivity index (χ1) is 16.3. The number of anilines is 1. The van der Waals surface area contributed by atoms with E-state index in [2.05, 4.69) is 19.2 Å². The molecule has 4 heteroatoms. The maximum absolute atomic E-state index is 13.4. The van der Waals surface area contributed by atoms with Gasteiger partial charge in [-0.3, -0.25) is 4.79 Å². The lowest BCUT2D eigenvalue weighted by Gasteiger charge is -2.62. The van der Waals surface area contributed by atoms with Crippen LogP contribution in [0.1, 0.15) is 78.6 Å². The fourth-order valence-electron chi connectivity index (χ4n) is 9.20. The predicted octanol–water partition coefficient (Wildman–Crippen LogP) is 6.09. The van der Waals surface area contributed by atoms with Gasteiger partial charge in [-0.25, -0.2) is 0 Å². The van der Waals surface area contributed by atoms with Crippen LogP contribution in [-0.4, -0.2) is 36.2 Å². The van der Waals surface area contributed by atoms with Gasteiger partial charge in [-0.2, -0.15) is 0 Å². The van der Waals surface area contributed by atoms with Crippen molar-refractivity contribution in [2.45, 2.75) is 84.2 Å². The second-order valence-electron chi connectivity index (χ2n) is 12.6. The molecule has 0 radical (unpaired) electrons. The van der Waals surface area contributed by atoms with Gasteiger partial charge in [0.1, 0.15) is 0 Å². The molecule has 4 nitrogen and oxygen atoms in total. The van der Waals surface area contributed by atoms with Crippen molar-refractivity contribution in [1.82, 2.24) is 0 Å². The first-order valence-electron chi connectivity index (χ1n) is 13.9. The zero-order valence-electron chi connectivity index (χ0n) is 21.5. The molecule has 0 saturated heterocycles. The average molecular weight is 468 g/mol. The van der Waals surface area contributed by atoms with Gasteiger partial charge in [-0.15, -0.1) is 0 Å². The number of carbonyl (C=O) groups excluding carboxylic acids is 1. The Bertz CT molecular complexity index is 869. The number of nitrogens with one attached hydrogen (secondary N) is 1. The third-order valence-electron chi connectivity index (χ3n) is 10.9. The van der Waals surface area contributed by atoms with Crippen LogP contribution in [0.25, 0.3) is 0 Å². The number of benzene rings is 1. The summed E-state index contributed by atoms with van der Waals surface area (Å²) in [6.07, 6.45) is 10.0. The maximum atomic E-state index is 13.4. The summed E-state index contributed by atoms with van der Waals surface area (Å²) < 4.78 is 6.18. The number of hydrogen-bond acceptors (Lipinski definition) is 4. The Morgan fingerprint density at radius 3 is 2.59 bits per heavy atom. The van der Waals surface area contributed by atoms with Crippen molar-refractivity contribution in [3.05, 3.63) is 30.3 Å². The van der Waals surface area contributed by atoms with E-state index in [1.165, 1.54) is 25.7 Å². The van der Waals surface area contributed by atoms with Gasteiger partial charge in [0.15, 0.2) is 5.78 Å². The zero-order chi connectivity index (χ0) is 24.0. The van der Waals surface area contributed by atoms with Crippen molar-refractivity contribution < 1.29 is 14.6 Å². The van der Waals surface area contributed by atoms with E-state index >= 15 is 0 Å². The Morgan fingerprint density at radius 1 is 1.03 bits per heavy atom. The second-order valence-corrected chi connectivity index (χ2v) is 12.6. The molecule has 188 valence electrons. The number of rotatable bonds is 7. The number of fused-ring (bicyclic) bond motifs is 5. The summed E-state index contributed by atoms with van der Waals surface area (Å²) in [5.74, 6) is 3.20. The Balaban J connectivity index is 1.33. The topological polar surface area (TPSA) is 58.6 Å². The highest BCUT2D eigenvalue weighted by Crippen LogP contribution is 2.68. The molecule has 8 atom stereocenters. The highest BCUT2D eigenvalue weighted by molar-refractivity contribution is 5.86. The summed E-state index contributed by atoms with van der Waals surface area (Å²) in [4.78, 5) is 13.4. The van der Waals surface area contributed by atoms with E-state index in [1.807, 2.05) is 37.3 Å². The van der Waals surface area contributed by atoms with Gasteiger partial charge in [-0.1, -0.05) is 25.1 Å². The van der Waals surface area contributed by atoms with Crippen LogP contribution in [-0.2, 0) is 9.53 Å². The third-order valence-corrected chi connectivity index (χ3v) is 10.9. The van der Waals surface area contributed by atoms with Gasteiger partial charge in [0.25, 0.3) is 0 Å². The quantitative estimate of drug-likeness (QED) is 0.509. The number of ether oxygens (including phenoxy) is 1. The summed E-state index contributed by atoms with van der Waals surface area (Å²) in [7, 11) is 0. The first kappa shape index (κ1) is 24.3. The molecule has 0 unspecified atom stereocenters. The van der Waals surface area contributed by atoms with E-state index in [4.69, 9.17) is 4.74 Å². The molecule has 1 aromatic carbocycles. The SMILES string of the molecule is CCOC[C@]12CC[C@@](C)(O)C[C@@H]1CC[C@H]1[C@@H]3CC[C@H](C(=O)CNc4ccccc4)[C@@]3(C)CC[C@@H]12. The minimum Gasteiger partial charge on any atom is -0.390 e. The number of ketones is 1. The van der Waals surface area contributed by atoms with Crippen molar-refractivity contribution in [2.75, 3.05) is 25.1 Å². The normalized spacial score (nSPS) is 43.5. The largest absolute Gasteiger partial charge is 0.390 e. The zero-order valence-corrected chi connectivity index (χ0v) is 21.5. The lowest BCUT2D eigenvalue weighted by Crippen LogP contribution is -2.58. The number of aliphatic hydroxyl groups is 1. The van der Waals surface area contributed by atoms with Crippen LogP contribution in [0.2, 0.25) is 0 Å². The molecule has 4 saturated carbocycles. The van der Waals surface area contributed by atoms with Gasteiger partial charge in [0.05, 0.1) is 18.8 Å². The number of hydrogen-bond donors (Lipinski definition) is 2. The summed E-state index contributed by atoms with van der Waals surface area (Å²) in [6.45, 7) is 8.67. The van der Waals surface area contributed by atoms with E-state index < -0.39 is 5.60 Å². The summed E-state index contributed by atoms with van der Waals surface area (Å²) in [5.41, 5.74) is 0.867. The molecule has 0 aromatic heterocycles. The Hall–Kier alpha value is -1.39. The molecule has 4 fully saturated rings. The molecule has 5 rings (SSSR count). The molecule has 0 spiro atoms.